The van der Waals surface area contributed by atoms with Crippen molar-refractivity contribution in [3.8, 4) is 17.2 Å². The van der Waals surface area contributed by atoms with Gasteiger partial charge in [-0.25, -0.2) is 4.98 Å². The van der Waals surface area contributed by atoms with Gasteiger partial charge in [0.1, 0.15) is 12.4 Å². The van der Waals surface area contributed by atoms with Crippen LogP contribution < -0.4 is 14.2 Å². The Morgan fingerprint density at radius 1 is 1.09 bits per heavy atom. The zero-order valence-corrected chi connectivity index (χ0v) is 18.4. The van der Waals surface area contributed by atoms with Gasteiger partial charge in [-0.1, -0.05) is 42.1 Å². The first-order chi connectivity index (χ1) is 15.4. The maximum Gasteiger partial charge on any atom is 0.487 e. The maximum atomic E-state index is 12.8. The zero-order chi connectivity index (χ0) is 22.6. The van der Waals surface area contributed by atoms with Crippen LogP contribution >= 0.6 is 23.4 Å². The quantitative estimate of drug-likeness (QED) is 0.235. The number of benzene rings is 2. The number of alkyl halides is 3. The number of fused-ring (bicyclic) bond motifs is 1. The Hall–Kier alpha value is -3.04. The molecule has 0 aliphatic rings. The van der Waals surface area contributed by atoms with Crippen molar-refractivity contribution in [2.45, 2.75) is 23.1 Å². The largest absolute Gasteiger partial charge is 0.491 e. The van der Waals surface area contributed by atoms with Gasteiger partial charge >= 0.3 is 5.57 Å². The van der Waals surface area contributed by atoms with E-state index in [0.29, 0.717) is 40.0 Å². The van der Waals surface area contributed by atoms with Gasteiger partial charge in [-0.15, -0.1) is 8.78 Å². The molecule has 4 rings (SSSR count). The Balaban J connectivity index is 1.44. The number of pyridine rings is 1. The highest BCUT2D eigenvalue weighted by atomic mass is 35.5. The second-order valence-corrected chi connectivity index (χ2v) is 8.06. The average molecular weight is 478 g/mol. The van der Waals surface area contributed by atoms with Crippen molar-refractivity contribution in [2.75, 3.05) is 7.11 Å². The lowest BCUT2D eigenvalue weighted by atomic mass is 10.2. The van der Waals surface area contributed by atoms with Gasteiger partial charge in [0.05, 0.1) is 30.0 Å². The molecule has 1 N–H and O–H groups in total. The molecule has 0 saturated heterocycles. The molecule has 0 saturated carbocycles. The van der Waals surface area contributed by atoms with Crippen molar-refractivity contribution in [3.05, 3.63) is 72.1 Å². The number of aromatic amines is 1. The fourth-order valence-corrected chi connectivity index (χ4v) is 3.79. The monoisotopic (exact) mass is 477 g/mol. The number of nitrogens with one attached hydrogen (secondary N) is 1. The number of halogens is 3. The van der Waals surface area contributed by atoms with E-state index in [2.05, 4.69) is 19.7 Å². The summed E-state index contributed by atoms with van der Waals surface area (Å²) in [7, 11) is 1.56. The van der Waals surface area contributed by atoms with Crippen LogP contribution in [0.5, 0.6) is 17.2 Å². The normalized spacial score (nSPS) is 11.5. The molecule has 166 valence electrons. The minimum Gasteiger partial charge on any atom is -0.491 e. The van der Waals surface area contributed by atoms with E-state index >= 15 is 0 Å². The van der Waals surface area contributed by atoms with Crippen LogP contribution in [0.15, 0.2) is 66.0 Å². The number of imidazole rings is 1. The van der Waals surface area contributed by atoms with Crippen molar-refractivity contribution < 1.29 is 23.0 Å². The number of hydrogen-bond donors (Lipinski definition) is 1. The van der Waals surface area contributed by atoms with E-state index < -0.39 is 5.57 Å². The molecule has 0 aliphatic heterocycles. The first kappa shape index (κ1) is 22.2. The molecule has 4 aromatic rings. The van der Waals surface area contributed by atoms with Crippen LogP contribution in [0, 0.1) is 0 Å². The highest BCUT2D eigenvalue weighted by Gasteiger charge is 2.27. The molecule has 0 bridgehead atoms. The molecule has 0 fully saturated rings. The minimum absolute atomic E-state index is 0.0717. The minimum atomic E-state index is -3.78. The molecule has 6 nitrogen and oxygen atoms in total. The molecule has 2 aromatic heterocycles. The Morgan fingerprint density at radius 3 is 2.66 bits per heavy atom. The zero-order valence-electron chi connectivity index (χ0n) is 16.8. The number of ether oxygens (including phenoxy) is 3. The van der Waals surface area contributed by atoms with E-state index in [9.17, 15) is 8.78 Å². The molecular formula is C22H18ClF2N3O3S. The van der Waals surface area contributed by atoms with E-state index in [0.717, 1.165) is 11.3 Å². The van der Waals surface area contributed by atoms with Gasteiger partial charge < -0.3 is 19.2 Å². The fourth-order valence-electron chi connectivity index (χ4n) is 2.92. The van der Waals surface area contributed by atoms with Gasteiger partial charge in [-0.2, -0.15) is 0 Å². The lowest BCUT2D eigenvalue weighted by Gasteiger charge is -2.11. The van der Waals surface area contributed by atoms with Gasteiger partial charge in [-0.05, 0) is 17.7 Å². The van der Waals surface area contributed by atoms with Crippen LogP contribution in [0.1, 0.15) is 11.3 Å². The molecule has 0 aliphatic carbocycles. The molecule has 0 amide bonds. The third-order valence-electron chi connectivity index (χ3n) is 4.37. The van der Waals surface area contributed by atoms with Gasteiger partial charge in [0.25, 0.3) is 0 Å². The summed E-state index contributed by atoms with van der Waals surface area (Å²) in [4.78, 5) is 11.9. The molecule has 0 spiro atoms. The van der Waals surface area contributed by atoms with E-state index in [1.54, 1.807) is 19.4 Å². The van der Waals surface area contributed by atoms with Gasteiger partial charge in [0, 0.05) is 29.5 Å². The van der Waals surface area contributed by atoms with Crippen LogP contribution in [-0.2, 0) is 12.4 Å². The summed E-state index contributed by atoms with van der Waals surface area (Å²) in [5.41, 5.74) is -0.792. The van der Waals surface area contributed by atoms with Gasteiger partial charge in [-0.3, -0.25) is 4.98 Å². The Morgan fingerprint density at radius 2 is 1.91 bits per heavy atom. The van der Waals surface area contributed by atoms with E-state index in [1.807, 2.05) is 36.4 Å². The molecule has 10 heteroatoms. The first-order valence-corrected chi connectivity index (χ1v) is 10.8. The van der Waals surface area contributed by atoms with E-state index in [1.165, 1.54) is 23.9 Å². The number of nitrogens with zero attached hydrogens (tertiary/aromatic N) is 2. The van der Waals surface area contributed by atoms with Crippen molar-refractivity contribution >= 4 is 34.4 Å². The second-order valence-electron chi connectivity index (χ2n) is 6.66. The van der Waals surface area contributed by atoms with Crippen LogP contribution in [0.4, 0.5) is 8.78 Å². The molecule has 2 aromatic carbocycles. The first-order valence-electron chi connectivity index (χ1n) is 9.47. The number of H-pyrrole nitrogens is 1. The summed E-state index contributed by atoms with van der Waals surface area (Å²) >= 11 is 6.23. The molecule has 2 heterocycles. The number of thioether (sulfide) groups is 1. The summed E-state index contributed by atoms with van der Waals surface area (Å²) in [6.07, 6.45) is 1.62. The molecule has 0 unspecified atom stereocenters. The topological polar surface area (TPSA) is 69.3 Å². The van der Waals surface area contributed by atoms with Crippen LogP contribution in [0.2, 0.25) is 0 Å². The number of methoxy groups -OCH3 is 1. The Kier molecular flexibility index (Phi) is 6.66. The molecule has 0 radical (unpaired) electrons. The standard InChI is InChI=1S/C22H18ClF2N3O3S/c1-29-20-11-26-15(9-19(20)30-12-14-5-3-2-4-6-14)13-32-21-27-17-8-7-16(10-18(17)28-21)31-22(23,24)25/h2-11H,12-13H2,1H3,(H,27,28). The number of rotatable bonds is 9. The lowest BCUT2D eigenvalue weighted by molar-refractivity contribution is -0.0964. The predicted molar refractivity (Wildman–Crippen MR) is 119 cm³/mol. The number of hydrogen-bond acceptors (Lipinski definition) is 6. The Labute approximate surface area is 191 Å². The highest BCUT2D eigenvalue weighted by molar-refractivity contribution is 7.98. The maximum absolute atomic E-state index is 12.8. The van der Waals surface area contributed by atoms with Crippen LogP contribution in [-0.4, -0.2) is 27.6 Å². The summed E-state index contributed by atoms with van der Waals surface area (Å²) in [6.45, 7) is 0.406. The van der Waals surface area contributed by atoms with Gasteiger partial charge in [0.15, 0.2) is 16.7 Å². The van der Waals surface area contributed by atoms with Crippen molar-refractivity contribution in [2.24, 2.45) is 0 Å². The highest BCUT2D eigenvalue weighted by Crippen LogP contribution is 2.31. The third kappa shape index (κ3) is 5.80. The lowest BCUT2D eigenvalue weighted by Crippen LogP contribution is -2.15. The second kappa shape index (κ2) is 9.62. The van der Waals surface area contributed by atoms with Crippen molar-refractivity contribution in [3.63, 3.8) is 0 Å². The molecule has 32 heavy (non-hydrogen) atoms. The predicted octanol–water partition coefficient (Wildman–Crippen LogP) is 6.01. The summed E-state index contributed by atoms with van der Waals surface area (Å²) in [5.74, 6) is 1.57. The Bertz CT molecular complexity index is 1200. The third-order valence-corrected chi connectivity index (χ3v) is 5.35. The average Bonchev–Trinajstić information content (AvgIpc) is 3.18. The van der Waals surface area contributed by atoms with Gasteiger partial charge in [0.2, 0.25) is 0 Å². The smallest absolute Gasteiger partial charge is 0.487 e. The molecule has 0 atom stereocenters. The fraction of sp³-hybridized carbons (Fsp3) is 0.182. The van der Waals surface area contributed by atoms with E-state index in [-0.39, 0.29) is 5.75 Å². The SMILES string of the molecule is COc1cnc(CSc2nc3cc(OC(F)(F)Cl)ccc3[nH]2)cc1OCc1ccccc1. The van der Waals surface area contributed by atoms with Crippen LogP contribution in [0.3, 0.4) is 0 Å². The van der Waals surface area contributed by atoms with Crippen LogP contribution in [0.25, 0.3) is 11.0 Å². The number of aromatic nitrogens is 3. The molecular weight excluding hydrogens is 460 g/mol. The summed E-state index contributed by atoms with van der Waals surface area (Å²) in [6, 6.07) is 16.0. The summed E-state index contributed by atoms with van der Waals surface area (Å²) in [5, 5.41) is 0.610. The van der Waals surface area contributed by atoms with E-state index in [4.69, 9.17) is 21.1 Å². The summed E-state index contributed by atoms with van der Waals surface area (Å²) < 4.78 is 41.3. The van der Waals surface area contributed by atoms with Crippen molar-refractivity contribution in [1.29, 1.82) is 0 Å². The van der Waals surface area contributed by atoms with Crippen molar-refractivity contribution in [1.82, 2.24) is 15.0 Å².